The molecule has 0 saturated heterocycles. The van der Waals surface area contributed by atoms with Crippen molar-refractivity contribution < 1.29 is 9.59 Å². The molecule has 0 fully saturated rings. The number of fused-ring (bicyclic) bond motifs is 1. The van der Waals surface area contributed by atoms with Gasteiger partial charge in [0, 0.05) is 12.8 Å². The number of nitrogens with zero attached hydrogens (tertiary/aromatic N) is 2. The second-order valence-corrected chi connectivity index (χ2v) is 4.46. The first-order valence-corrected chi connectivity index (χ1v) is 6.22. The normalized spacial score (nSPS) is 13.3. The molecule has 0 spiro atoms. The van der Waals surface area contributed by atoms with Gasteiger partial charge in [0.25, 0.3) is 0 Å². The lowest BCUT2D eigenvalue weighted by Gasteiger charge is -2.15. The van der Waals surface area contributed by atoms with Crippen molar-refractivity contribution in [3.63, 3.8) is 0 Å². The van der Waals surface area contributed by atoms with Crippen molar-refractivity contribution >= 4 is 17.5 Å². The van der Waals surface area contributed by atoms with Crippen LogP contribution in [-0.4, -0.2) is 18.4 Å². The van der Waals surface area contributed by atoms with Crippen LogP contribution in [0, 0.1) is 11.3 Å². The molecule has 1 aromatic rings. The van der Waals surface area contributed by atoms with Crippen molar-refractivity contribution in [3.8, 4) is 6.07 Å². The Balaban J connectivity index is 2.24. The molecule has 0 radical (unpaired) electrons. The molecular weight excluding hydrogens is 242 g/mol. The molecule has 2 N–H and O–H groups in total. The average Bonchev–Trinajstić information content (AvgIpc) is 2.71. The van der Waals surface area contributed by atoms with E-state index in [1.165, 1.54) is 4.90 Å². The number of benzene rings is 1. The number of carbonyl (C=O) groups excluding carboxylic acids is 2. The first-order valence-electron chi connectivity index (χ1n) is 6.22. The molecule has 5 nitrogen and oxygen atoms in total. The molecule has 19 heavy (non-hydrogen) atoms. The topological polar surface area (TPSA) is 87.2 Å². The predicted molar refractivity (Wildman–Crippen MR) is 70.2 cm³/mol. The second-order valence-electron chi connectivity index (χ2n) is 4.46. The molecule has 0 unspecified atom stereocenters. The second kappa shape index (κ2) is 5.63. The minimum atomic E-state index is -0.308. The predicted octanol–water partition coefficient (Wildman–Crippen LogP) is 0.907. The van der Waals surface area contributed by atoms with Gasteiger partial charge in [0.05, 0.1) is 18.2 Å². The minimum absolute atomic E-state index is 0.0756. The summed E-state index contributed by atoms with van der Waals surface area (Å²) in [7, 11) is 0. The number of nitrogens with two attached hydrogens (primary N) is 1. The number of imide groups is 1. The van der Waals surface area contributed by atoms with Gasteiger partial charge in [-0.2, -0.15) is 5.26 Å². The standard InChI is InChI=1S/C14H15N3O2/c15-6-1-2-13(18)17-12-4-3-10(5-7-16)8-11(12)9-14(17)19/h3-4,8H,1-2,5,7,9,16H2. The fourth-order valence-electron chi connectivity index (χ4n) is 2.25. The summed E-state index contributed by atoms with van der Waals surface area (Å²) in [5.74, 6) is -0.528. The van der Waals surface area contributed by atoms with Crippen LogP contribution in [0.15, 0.2) is 18.2 Å². The smallest absolute Gasteiger partial charge is 0.238 e. The van der Waals surface area contributed by atoms with Crippen LogP contribution in [-0.2, 0) is 22.4 Å². The zero-order valence-electron chi connectivity index (χ0n) is 10.6. The Bertz CT molecular complexity index is 560. The lowest BCUT2D eigenvalue weighted by atomic mass is 10.1. The monoisotopic (exact) mass is 257 g/mol. The van der Waals surface area contributed by atoms with E-state index >= 15 is 0 Å². The van der Waals surface area contributed by atoms with Gasteiger partial charge in [0.1, 0.15) is 0 Å². The molecule has 0 saturated carbocycles. The van der Waals surface area contributed by atoms with Crippen molar-refractivity contribution in [2.24, 2.45) is 5.73 Å². The summed E-state index contributed by atoms with van der Waals surface area (Å²) < 4.78 is 0. The Kier molecular flexibility index (Phi) is 3.93. The van der Waals surface area contributed by atoms with Gasteiger partial charge in [-0.15, -0.1) is 0 Å². The van der Waals surface area contributed by atoms with Crippen LogP contribution in [0.1, 0.15) is 24.0 Å². The molecule has 0 aromatic heterocycles. The maximum atomic E-state index is 11.9. The lowest BCUT2D eigenvalue weighted by Crippen LogP contribution is -2.33. The highest BCUT2D eigenvalue weighted by Crippen LogP contribution is 2.30. The van der Waals surface area contributed by atoms with E-state index < -0.39 is 0 Å². The summed E-state index contributed by atoms with van der Waals surface area (Å²) in [6.07, 6.45) is 1.20. The molecule has 0 aliphatic carbocycles. The molecule has 0 bridgehead atoms. The van der Waals surface area contributed by atoms with Crippen molar-refractivity contribution in [2.45, 2.75) is 25.7 Å². The van der Waals surface area contributed by atoms with E-state index in [4.69, 9.17) is 11.0 Å². The molecule has 1 aromatic carbocycles. The molecule has 98 valence electrons. The van der Waals surface area contributed by atoms with Crippen LogP contribution in [0.2, 0.25) is 0 Å². The van der Waals surface area contributed by atoms with E-state index in [1.807, 2.05) is 18.2 Å². The van der Waals surface area contributed by atoms with E-state index in [0.29, 0.717) is 12.2 Å². The molecular formula is C14H15N3O2. The lowest BCUT2D eigenvalue weighted by molar-refractivity contribution is -0.125. The number of amides is 2. The fraction of sp³-hybridized carbons (Fsp3) is 0.357. The quantitative estimate of drug-likeness (QED) is 0.868. The van der Waals surface area contributed by atoms with E-state index in [-0.39, 0.29) is 31.1 Å². The van der Waals surface area contributed by atoms with Gasteiger partial charge in [0.2, 0.25) is 11.8 Å². The van der Waals surface area contributed by atoms with Gasteiger partial charge < -0.3 is 5.73 Å². The third kappa shape index (κ3) is 2.64. The molecule has 1 heterocycles. The van der Waals surface area contributed by atoms with E-state index in [9.17, 15) is 9.59 Å². The molecule has 0 atom stereocenters. The molecule has 2 rings (SSSR count). The number of rotatable bonds is 4. The number of hydrogen-bond donors (Lipinski definition) is 1. The Labute approximate surface area is 111 Å². The molecule has 2 amide bonds. The van der Waals surface area contributed by atoms with Gasteiger partial charge in [-0.05, 0) is 30.2 Å². The summed E-state index contributed by atoms with van der Waals surface area (Å²) in [4.78, 5) is 25.0. The van der Waals surface area contributed by atoms with Gasteiger partial charge in [-0.25, -0.2) is 4.90 Å². The van der Waals surface area contributed by atoms with Crippen molar-refractivity contribution in [2.75, 3.05) is 11.4 Å². The SMILES string of the molecule is N#CCCC(=O)N1C(=O)Cc2cc(CCN)ccc21. The number of nitriles is 1. The first kappa shape index (κ1) is 13.2. The average molecular weight is 257 g/mol. The zero-order valence-corrected chi connectivity index (χ0v) is 10.6. The third-order valence-corrected chi connectivity index (χ3v) is 3.11. The van der Waals surface area contributed by atoms with Crippen molar-refractivity contribution in [1.82, 2.24) is 0 Å². The zero-order chi connectivity index (χ0) is 13.8. The highest BCUT2D eigenvalue weighted by molar-refractivity contribution is 6.19. The van der Waals surface area contributed by atoms with Gasteiger partial charge >= 0.3 is 0 Å². The molecule has 1 aliphatic rings. The van der Waals surface area contributed by atoms with Gasteiger partial charge in [0.15, 0.2) is 0 Å². The first-order chi connectivity index (χ1) is 9.17. The van der Waals surface area contributed by atoms with Crippen LogP contribution >= 0.6 is 0 Å². The van der Waals surface area contributed by atoms with E-state index in [2.05, 4.69) is 0 Å². The van der Waals surface area contributed by atoms with Crippen LogP contribution in [0.4, 0.5) is 5.69 Å². The Morgan fingerprint density at radius 3 is 2.95 bits per heavy atom. The van der Waals surface area contributed by atoms with Crippen molar-refractivity contribution in [3.05, 3.63) is 29.3 Å². The van der Waals surface area contributed by atoms with Crippen LogP contribution in [0.25, 0.3) is 0 Å². The van der Waals surface area contributed by atoms with Crippen LogP contribution in [0.5, 0.6) is 0 Å². The highest BCUT2D eigenvalue weighted by Gasteiger charge is 2.31. The summed E-state index contributed by atoms with van der Waals surface area (Å²) in [6.45, 7) is 0.553. The summed E-state index contributed by atoms with van der Waals surface area (Å²) in [5, 5.41) is 8.50. The summed E-state index contributed by atoms with van der Waals surface area (Å²) in [6, 6.07) is 7.51. The largest absolute Gasteiger partial charge is 0.330 e. The van der Waals surface area contributed by atoms with E-state index in [0.717, 1.165) is 17.5 Å². The molecule has 1 aliphatic heterocycles. The van der Waals surface area contributed by atoms with E-state index in [1.54, 1.807) is 6.07 Å². The Morgan fingerprint density at radius 1 is 1.47 bits per heavy atom. The van der Waals surface area contributed by atoms with Gasteiger partial charge in [-0.1, -0.05) is 12.1 Å². The fourth-order valence-corrected chi connectivity index (χ4v) is 2.25. The highest BCUT2D eigenvalue weighted by atomic mass is 16.2. The van der Waals surface area contributed by atoms with Gasteiger partial charge in [-0.3, -0.25) is 9.59 Å². The Morgan fingerprint density at radius 2 is 2.26 bits per heavy atom. The molecule has 5 heteroatoms. The van der Waals surface area contributed by atoms with Crippen LogP contribution in [0.3, 0.4) is 0 Å². The summed E-state index contributed by atoms with van der Waals surface area (Å²) >= 11 is 0. The summed E-state index contributed by atoms with van der Waals surface area (Å²) in [5.41, 5.74) is 8.08. The third-order valence-electron chi connectivity index (χ3n) is 3.11. The number of carbonyl (C=O) groups is 2. The number of anilines is 1. The van der Waals surface area contributed by atoms with Crippen molar-refractivity contribution in [1.29, 1.82) is 5.26 Å². The Hall–Kier alpha value is -2.19. The van der Waals surface area contributed by atoms with Crippen LogP contribution < -0.4 is 10.6 Å². The maximum Gasteiger partial charge on any atom is 0.238 e. The minimum Gasteiger partial charge on any atom is -0.330 e. The number of hydrogen-bond acceptors (Lipinski definition) is 4. The maximum absolute atomic E-state index is 11.9.